The van der Waals surface area contributed by atoms with Gasteiger partial charge in [0, 0.05) is 44.7 Å². The fourth-order valence-corrected chi connectivity index (χ4v) is 4.28. The van der Waals surface area contributed by atoms with E-state index in [1.807, 2.05) is 30.3 Å². The molecule has 6 nitrogen and oxygen atoms in total. The molecule has 0 aliphatic carbocycles. The van der Waals surface area contributed by atoms with Crippen LogP contribution in [0.5, 0.6) is 0 Å². The van der Waals surface area contributed by atoms with E-state index in [4.69, 9.17) is 0 Å². The summed E-state index contributed by atoms with van der Waals surface area (Å²) in [5, 5.41) is 3.00. The van der Waals surface area contributed by atoms with Crippen LogP contribution in [0.4, 0.5) is 8.78 Å². The summed E-state index contributed by atoms with van der Waals surface area (Å²) < 4.78 is 27.0. The van der Waals surface area contributed by atoms with E-state index < -0.39 is 17.5 Å². The number of carbonyl (C=O) groups excluding carboxylic acids is 3. The fraction of sp³-hybridized carbons (Fsp3) is 0.375. The molecule has 2 heterocycles. The summed E-state index contributed by atoms with van der Waals surface area (Å²) in [6.07, 6.45) is 1.27. The van der Waals surface area contributed by atoms with Crippen molar-refractivity contribution >= 4 is 17.7 Å². The molecule has 1 unspecified atom stereocenters. The fourth-order valence-electron chi connectivity index (χ4n) is 4.28. The van der Waals surface area contributed by atoms with Crippen LogP contribution in [-0.4, -0.2) is 53.2 Å². The summed E-state index contributed by atoms with van der Waals surface area (Å²) in [4.78, 5) is 40.8. The molecule has 2 aliphatic heterocycles. The number of nitrogens with one attached hydrogen (secondary N) is 1. The third-order valence-electron chi connectivity index (χ3n) is 6.09. The van der Waals surface area contributed by atoms with Gasteiger partial charge in [-0.2, -0.15) is 0 Å². The second kappa shape index (κ2) is 9.46. The normalized spacial score (nSPS) is 19.3. The highest BCUT2D eigenvalue weighted by Gasteiger charge is 2.35. The van der Waals surface area contributed by atoms with Crippen molar-refractivity contribution in [3.63, 3.8) is 0 Å². The van der Waals surface area contributed by atoms with Crippen molar-refractivity contribution in [3.8, 4) is 0 Å². The highest BCUT2D eigenvalue weighted by Crippen LogP contribution is 2.22. The standard InChI is InChI=1S/C24H25F2N3O3/c25-18-6-7-20(21(26)13-18)24(32)28-10-8-19(9-11-28)27-23(31)17-12-22(30)29(15-17)14-16-4-2-1-3-5-16/h1-7,13,17,19H,8-12,14-15H2,(H,27,31). The molecule has 3 amide bonds. The number of halogens is 2. The number of amides is 3. The average molecular weight is 441 g/mol. The Morgan fingerprint density at radius 3 is 2.44 bits per heavy atom. The first-order valence-electron chi connectivity index (χ1n) is 10.8. The third kappa shape index (κ3) is 4.95. The van der Waals surface area contributed by atoms with Crippen LogP contribution in [0.1, 0.15) is 35.2 Å². The summed E-state index contributed by atoms with van der Waals surface area (Å²) in [5.74, 6) is -2.66. The maximum absolute atomic E-state index is 13.9. The van der Waals surface area contributed by atoms with Crippen molar-refractivity contribution in [1.29, 1.82) is 0 Å². The predicted octanol–water partition coefficient (Wildman–Crippen LogP) is 2.73. The van der Waals surface area contributed by atoms with E-state index in [2.05, 4.69) is 5.32 Å². The predicted molar refractivity (Wildman–Crippen MR) is 113 cm³/mol. The number of hydrogen-bond acceptors (Lipinski definition) is 3. The number of rotatable bonds is 5. The minimum Gasteiger partial charge on any atom is -0.353 e. The number of carbonyl (C=O) groups is 3. The minimum absolute atomic E-state index is 0.0317. The van der Waals surface area contributed by atoms with Crippen molar-refractivity contribution < 1.29 is 23.2 Å². The lowest BCUT2D eigenvalue weighted by Gasteiger charge is -2.33. The van der Waals surface area contributed by atoms with Crippen LogP contribution >= 0.6 is 0 Å². The van der Waals surface area contributed by atoms with Crippen LogP contribution in [-0.2, 0) is 16.1 Å². The molecule has 32 heavy (non-hydrogen) atoms. The van der Waals surface area contributed by atoms with Crippen molar-refractivity contribution in [2.24, 2.45) is 5.92 Å². The SMILES string of the molecule is O=C(NC1CCN(C(=O)c2ccc(F)cc2F)CC1)C1CC(=O)N(Cc2ccccc2)C1. The first-order chi connectivity index (χ1) is 15.4. The Morgan fingerprint density at radius 2 is 1.75 bits per heavy atom. The second-order valence-corrected chi connectivity index (χ2v) is 8.36. The maximum Gasteiger partial charge on any atom is 0.256 e. The molecule has 0 aromatic heterocycles. The van der Waals surface area contributed by atoms with E-state index in [-0.39, 0.29) is 35.8 Å². The summed E-state index contributed by atoms with van der Waals surface area (Å²) in [5.41, 5.74) is 0.869. The van der Waals surface area contributed by atoms with E-state index in [9.17, 15) is 23.2 Å². The Balaban J connectivity index is 1.26. The van der Waals surface area contributed by atoms with Crippen molar-refractivity contribution in [3.05, 3.63) is 71.3 Å². The largest absolute Gasteiger partial charge is 0.353 e. The Hall–Kier alpha value is -3.29. The lowest BCUT2D eigenvalue weighted by molar-refractivity contribution is -0.129. The Bertz CT molecular complexity index is 1010. The van der Waals surface area contributed by atoms with Gasteiger partial charge in [-0.3, -0.25) is 14.4 Å². The van der Waals surface area contributed by atoms with Gasteiger partial charge in [0.25, 0.3) is 5.91 Å². The molecule has 1 atom stereocenters. The van der Waals surface area contributed by atoms with Gasteiger partial charge in [-0.1, -0.05) is 30.3 Å². The van der Waals surface area contributed by atoms with Crippen LogP contribution in [0.25, 0.3) is 0 Å². The molecule has 0 spiro atoms. The van der Waals surface area contributed by atoms with Crippen molar-refractivity contribution in [1.82, 2.24) is 15.1 Å². The third-order valence-corrected chi connectivity index (χ3v) is 6.09. The van der Waals surface area contributed by atoms with Gasteiger partial charge in [0.15, 0.2) is 0 Å². The number of benzene rings is 2. The van der Waals surface area contributed by atoms with Crippen molar-refractivity contribution in [2.75, 3.05) is 19.6 Å². The Labute approximate surface area is 185 Å². The zero-order valence-electron chi connectivity index (χ0n) is 17.6. The van der Waals surface area contributed by atoms with Crippen LogP contribution < -0.4 is 5.32 Å². The van der Waals surface area contributed by atoms with Gasteiger partial charge in [-0.15, -0.1) is 0 Å². The molecule has 4 rings (SSSR count). The van der Waals surface area contributed by atoms with Crippen LogP contribution in [0.15, 0.2) is 48.5 Å². The van der Waals surface area contributed by atoms with E-state index in [1.165, 1.54) is 4.90 Å². The average Bonchev–Trinajstić information content (AvgIpc) is 3.15. The zero-order chi connectivity index (χ0) is 22.7. The maximum atomic E-state index is 13.9. The monoisotopic (exact) mass is 441 g/mol. The molecule has 2 aliphatic rings. The highest BCUT2D eigenvalue weighted by molar-refractivity contribution is 5.94. The van der Waals surface area contributed by atoms with Gasteiger partial charge in [-0.25, -0.2) is 8.78 Å². The molecular weight excluding hydrogens is 416 g/mol. The first kappa shape index (κ1) is 21.9. The Kier molecular flexibility index (Phi) is 6.48. The highest BCUT2D eigenvalue weighted by atomic mass is 19.1. The molecule has 8 heteroatoms. The molecule has 2 fully saturated rings. The van der Waals surface area contributed by atoms with E-state index in [0.29, 0.717) is 45.1 Å². The summed E-state index contributed by atoms with van der Waals surface area (Å²) in [7, 11) is 0. The zero-order valence-corrected chi connectivity index (χ0v) is 17.6. The summed E-state index contributed by atoms with van der Waals surface area (Å²) >= 11 is 0. The molecule has 0 saturated carbocycles. The first-order valence-corrected chi connectivity index (χ1v) is 10.8. The molecular formula is C24H25F2N3O3. The molecule has 2 saturated heterocycles. The molecule has 2 aromatic rings. The summed E-state index contributed by atoms with van der Waals surface area (Å²) in [6.45, 7) is 1.61. The quantitative estimate of drug-likeness (QED) is 0.776. The van der Waals surface area contributed by atoms with E-state index in [1.54, 1.807) is 4.90 Å². The summed E-state index contributed by atoms with van der Waals surface area (Å²) in [6, 6.07) is 12.5. The van der Waals surface area contributed by atoms with Crippen molar-refractivity contribution in [2.45, 2.75) is 31.8 Å². The van der Waals surface area contributed by atoms with Gasteiger partial charge >= 0.3 is 0 Å². The van der Waals surface area contributed by atoms with E-state index in [0.717, 1.165) is 17.7 Å². The van der Waals surface area contributed by atoms with Crippen LogP contribution in [0.2, 0.25) is 0 Å². The number of hydrogen-bond donors (Lipinski definition) is 1. The molecule has 2 aromatic carbocycles. The van der Waals surface area contributed by atoms with Gasteiger partial charge in [0.05, 0.1) is 11.5 Å². The second-order valence-electron chi connectivity index (χ2n) is 8.36. The van der Waals surface area contributed by atoms with Gasteiger partial charge in [0.1, 0.15) is 11.6 Å². The number of nitrogens with zero attached hydrogens (tertiary/aromatic N) is 2. The smallest absolute Gasteiger partial charge is 0.256 e. The molecule has 168 valence electrons. The number of likely N-dealkylation sites (tertiary alicyclic amines) is 2. The Morgan fingerprint density at radius 1 is 1.03 bits per heavy atom. The topological polar surface area (TPSA) is 69.7 Å². The van der Waals surface area contributed by atoms with Crippen LogP contribution in [0.3, 0.4) is 0 Å². The molecule has 0 radical (unpaired) electrons. The van der Waals surface area contributed by atoms with Gasteiger partial charge in [0.2, 0.25) is 11.8 Å². The van der Waals surface area contributed by atoms with Gasteiger partial charge < -0.3 is 15.1 Å². The minimum atomic E-state index is -0.878. The van der Waals surface area contributed by atoms with Crippen LogP contribution in [0, 0.1) is 17.6 Å². The lowest BCUT2D eigenvalue weighted by atomic mass is 10.0. The van der Waals surface area contributed by atoms with Gasteiger partial charge in [-0.05, 0) is 30.5 Å². The van der Waals surface area contributed by atoms with E-state index >= 15 is 0 Å². The number of piperidine rings is 1. The molecule has 0 bridgehead atoms. The lowest BCUT2D eigenvalue weighted by Crippen LogP contribution is -2.48. The molecule has 1 N–H and O–H groups in total.